The van der Waals surface area contributed by atoms with Gasteiger partial charge in [0.05, 0.1) is 13.2 Å². The molecule has 3 rings (SSSR count). The van der Waals surface area contributed by atoms with Gasteiger partial charge in [0.2, 0.25) is 0 Å². The molecule has 0 bridgehead atoms. The van der Waals surface area contributed by atoms with E-state index in [9.17, 15) is 9.59 Å². The Balaban J connectivity index is 1.91. The molecule has 0 atom stereocenters. The van der Waals surface area contributed by atoms with E-state index in [1.54, 1.807) is 23.4 Å². The molecular formula is C15H19N5O4. The molecule has 2 aromatic heterocycles. The SMILES string of the molecule is CCOC(=O)c1nn(CC)c2c1CN(C(=O)c1nonc1C)CC2. The Morgan fingerprint density at radius 2 is 2.04 bits per heavy atom. The Kier molecular flexibility index (Phi) is 4.32. The lowest BCUT2D eigenvalue weighted by Gasteiger charge is -2.27. The lowest BCUT2D eigenvalue weighted by molar-refractivity contribution is 0.0512. The number of ether oxygens (including phenoxy) is 1. The number of esters is 1. The van der Waals surface area contributed by atoms with E-state index in [1.165, 1.54) is 0 Å². The van der Waals surface area contributed by atoms with Gasteiger partial charge in [0, 0.05) is 30.8 Å². The Labute approximate surface area is 138 Å². The van der Waals surface area contributed by atoms with Gasteiger partial charge in [-0.15, -0.1) is 0 Å². The van der Waals surface area contributed by atoms with Crippen molar-refractivity contribution >= 4 is 11.9 Å². The van der Waals surface area contributed by atoms with Gasteiger partial charge in [-0.05, 0) is 25.9 Å². The average Bonchev–Trinajstić information content (AvgIpc) is 3.17. The second-order valence-electron chi connectivity index (χ2n) is 5.49. The summed E-state index contributed by atoms with van der Waals surface area (Å²) in [5, 5.41) is 11.7. The van der Waals surface area contributed by atoms with Crippen molar-refractivity contribution in [2.45, 2.75) is 40.3 Å². The summed E-state index contributed by atoms with van der Waals surface area (Å²) in [7, 11) is 0. The first kappa shape index (κ1) is 16.2. The maximum atomic E-state index is 12.6. The fourth-order valence-corrected chi connectivity index (χ4v) is 2.86. The molecule has 128 valence electrons. The lowest BCUT2D eigenvalue weighted by atomic mass is 10.0. The van der Waals surface area contributed by atoms with E-state index in [0.29, 0.717) is 25.2 Å². The van der Waals surface area contributed by atoms with E-state index >= 15 is 0 Å². The van der Waals surface area contributed by atoms with Crippen molar-refractivity contribution in [1.29, 1.82) is 0 Å². The third kappa shape index (κ3) is 2.66. The molecular weight excluding hydrogens is 314 g/mol. The fraction of sp³-hybridized carbons (Fsp3) is 0.533. The normalized spacial score (nSPS) is 13.7. The van der Waals surface area contributed by atoms with Crippen LogP contribution in [0, 0.1) is 6.92 Å². The van der Waals surface area contributed by atoms with Gasteiger partial charge in [-0.2, -0.15) is 5.10 Å². The molecule has 0 unspecified atom stereocenters. The summed E-state index contributed by atoms with van der Waals surface area (Å²) >= 11 is 0. The summed E-state index contributed by atoms with van der Waals surface area (Å²) in [6, 6.07) is 0. The van der Waals surface area contributed by atoms with Gasteiger partial charge in [-0.1, -0.05) is 5.16 Å². The van der Waals surface area contributed by atoms with Crippen LogP contribution in [-0.2, 0) is 24.2 Å². The number of rotatable bonds is 4. The van der Waals surface area contributed by atoms with Gasteiger partial charge in [0.1, 0.15) is 5.69 Å². The zero-order chi connectivity index (χ0) is 17.3. The molecule has 1 aliphatic rings. The van der Waals surface area contributed by atoms with Gasteiger partial charge >= 0.3 is 5.97 Å². The smallest absolute Gasteiger partial charge is 0.359 e. The Morgan fingerprint density at radius 3 is 2.67 bits per heavy atom. The van der Waals surface area contributed by atoms with Gasteiger partial charge in [-0.25, -0.2) is 9.42 Å². The molecule has 1 aliphatic heterocycles. The number of fused-ring (bicyclic) bond motifs is 1. The summed E-state index contributed by atoms with van der Waals surface area (Å²) in [6.07, 6.45) is 0.617. The minimum atomic E-state index is -0.463. The highest BCUT2D eigenvalue weighted by atomic mass is 16.6. The van der Waals surface area contributed by atoms with Crippen molar-refractivity contribution in [1.82, 2.24) is 25.0 Å². The van der Waals surface area contributed by atoms with Gasteiger partial charge in [0.15, 0.2) is 11.4 Å². The van der Waals surface area contributed by atoms with E-state index in [1.807, 2.05) is 6.92 Å². The molecule has 0 N–H and O–H groups in total. The van der Waals surface area contributed by atoms with Crippen molar-refractivity contribution in [3.8, 4) is 0 Å². The number of carbonyl (C=O) groups is 2. The number of aryl methyl sites for hydroxylation is 2. The molecule has 0 fully saturated rings. The highest BCUT2D eigenvalue weighted by Crippen LogP contribution is 2.24. The third-order valence-corrected chi connectivity index (χ3v) is 4.04. The van der Waals surface area contributed by atoms with Crippen molar-refractivity contribution in [2.24, 2.45) is 0 Å². The number of hydrogen-bond donors (Lipinski definition) is 0. The highest BCUT2D eigenvalue weighted by Gasteiger charge is 2.32. The molecule has 2 aromatic rings. The van der Waals surface area contributed by atoms with Gasteiger partial charge in [-0.3, -0.25) is 9.48 Å². The molecule has 9 heteroatoms. The molecule has 3 heterocycles. The van der Waals surface area contributed by atoms with Crippen molar-refractivity contribution in [2.75, 3.05) is 13.2 Å². The lowest BCUT2D eigenvalue weighted by Crippen LogP contribution is -2.37. The zero-order valence-corrected chi connectivity index (χ0v) is 13.9. The second kappa shape index (κ2) is 6.42. The third-order valence-electron chi connectivity index (χ3n) is 4.04. The molecule has 9 nitrogen and oxygen atoms in total. The summed E-state index contributed by atoms with van der Waals surface area (Å²) < 4.78 is 11.5. The Hall–Kier alpha value is -2.71. The summed E-state index contributed by atoms with van der Waals surface area (Å²) in [6.45, 7) is 7.11. The minimum absolute atomic E-state index is 0.194. The topological polar surface area (TPSA) is 103 Å². The van der Waals surface area contributed by atoms with Gasteiger partial charge in [0.25, 0.3) is 5.91 Å². The first-order chi connectivity index (χ1) is 11.6. The van der Waals surface area contributed by atoms with Crippen molar-refractivity contribution in [3.05, 3.63) is 28.3 Å². The molecule has 0 saturated heterocycles. The van der Waals surface area contributed by atoms with Crippen LogP contribution in [0.1, 0.15) is 51.8 Å². The van der Waals surface area contributed by atoms with Crippen LogP contribution in [0.25, 0.3) is 0 Å². The van der Waals surface area contributed by atoms with Crippen LogP contribution in [0.4, 0.5) is 0 Å². The highest BCUT2D eigenvalue weighted by molar-refractivity contribution is 5.94. The molecule has 0 radical (unpaired) electrons. The van der Waals surface area contributed by atoms with Crippen molar-refractivity contribution < 1.29 is 19.0 Å². The minimum Gasteiger partial charge on any atom is -0.461 e. The van der Waals surface area contributed by atoms with E-state index in [2.05, 4.69) is 20.0 Å². The first-order valence-corrected chi connectivity index (χ1v) is 7.90. The Bertz CT molecular complexity index is 779. The Morgan fingerprint density at radius 1 is 1.25 bits per heavy atom. The van der Waals surface area contributed by atoms with Crippen LogP contribution in [0.2, 0.25) is 0 Å². The zero-order valence-electron chi connectivity index (χ0n) is 13.9. The van der Waals surface area contributed by atoms with E-state index in [4.69, 9.17) is 4.74 Å². The van der Waals surface area contributed by atoms with E-state index < -0.39 is 5.97 Å². The van der Waals surface area contributed by atoms with E-state index in [-0.39, 0.29) is 30.4 Å². The van der Waals surface area contributed by atoms with Crippen LogP contribution < -0.4 is 0 Å². The first-order valence-electron chi connectivity index (χ1n) is 7.90. The molecule has 0 aromatic carbocycles. The van der Waals surface area contributed by atoms with Crippen LogP contribution >= 0.6 is 0 Å². The van der Waals surface area contributed by atoms with Crippen molar-refractivity contribution in [3.63, 3.8) is 0 Å². The predicted octanol–water partition coefficient (Wildman–Crippen LogP) is 0.970. The summed E-state index contributed by atoms with van der Waals surface area (Å²) in [5.74, 6) is -0.729. The monoisotopic (exact) mass is 333 g/mol. The maximum Gasteiger partial charge on any atom is 0.359 e. The van der Waals surface area contributed by atoms with Crippen LogP contribution in [0.3, 0.4) is 0 Å². The number of nitrogens with zero attached hydrogens (tertiary/aromatic N) is 5. The standard InChI is InChI=1S/C15H19N5O4/c1-4-20-11-6-7-19(14(21)12-9(3)17-24-18-12)8-10(11)13(16-20)15(22)23-5-2/h4-8H2,1-3H3. The van der Waals surface area contributed by atoms with E-state index in [0.717, 1.165) is 11.3 Å². The average molecular weight is 333 g/mol. The fourth-order valence-electron chi connectivity index (χ4n) is 2.86. The number of aromatic nitrogens is 4. The molecule has 0 spiro atoms. The van der Waals surface area contributed by atoms with Crippen LogP contribution in [-0.4, -0.2) is 50.0 Å². The predicted molar refractivity (Wildman–Crippen MR) is 81.3 cm³/mol. The molecule has 0 saturated carbocycles. The second-order valence-corrected chi connectivity index (χ2v) is 5.49. The largest absolute Gasteiger partial charge is 0.461 e. The molecule has 0 aliphatic carbocycles. The quantitative estimate of drug-likeness (QED) is 0.768. The molecule has 24 heavy (non-hydrogen) atoms. The number of carbonyl (C=O) groups excluding carboxylic acids is 2. The van der Waals surface area contributed by atoms with Gasteiger partial charge < -0.3 is 9.64 Å². The number of amides is 1. The molecule has 1 amide bonds. The summed E-state index contributed by atoms with van der Waals surface area (Å²) in [5.41, 5.74) is 2.63. The summed E-state index contributed by atoms with van der Waals surface area (Å²) in [4.78, 5) is 26.4. The maximum absolute atomic E-state index is 12.6. The van der Waals surface area contributed by atoms with Crippen LogP contribution in [0.5, 0.6) is 0 Å². The number of hydrogen-bond acceptors (Lipinski definition) is 7. The van der Waals surface area contributed by atoms with Crippen LogP contribution in [0.15, 0.2) is 4.63 Å².